The molecule has 2 heterocycles. The smallest absolute Gasteiger partial charge is 0.220 e. The van der Waals surface area contributed by atoms with Gasteiger partial charge in [-0.3, -0.25) is 9.69 Å². The maximum Gasteiger partial charge on any atom is 0.220 e. The molecule has 0 unspecified atom stereocenters. The van der Waals surface area contributed by atoms with Gasteiger partial charge in [0, 0.05) is 32.0 Å². The number of piperidine rings is 1. The molecule has 5 nitrogen and oxygen atoms in total. The molecular weight excluding hydrogens is 242 g/mol. The normalized spacial score (nSPS) is 17.0. The first kappa shape index (κ1) is 13.6. The number of carbonyl (C=O) groups is 1. The molecule has 0 aliphatic carbocycles. The summed E-state index contributed by atoms with van der Waals surface area (Å²) in [5.41, 5.74) is 0. The highest BCUT2D eigenvalue weighted by Crippen LogP contribution is 2.10. The van der Waals surface area contributed by atoms with Gasteiger partial charge >= 0.3 is 0 Å². The number of furan rings is 1. The van der Waals surface area contributed by atoms with E-state index in [1.807, 2.05) is 12.1 Å². The van der Waals surface area contributed by atoms with Crippen LogP contribution in [0.5, 0.6) is 0 Å². The van der Waals surface area contributed by atoms with Crippen LogP contribution in [0.4, 0.5) is 0 Å². The van der Waals surface area contributed by atoms with Crippen molar-refractivity contribution in [2.45, 2.75) is 31.7 Å². The Bertz CT molecular complexity index is 428. The second-order valence-corrected chi connectivity index (χ2v) is 4.86. The Labute approximate surface area is 113 Å². The first-order valence-electron chi connectivity index (χ1n) is 6.69. The minimum atomic E-state index is 0.0788. The minimum Gasteiger partial charge on any atom is -0.469 e. The van der Waals surface area contributed by atoms with Crippen molar-refractivity contribution in [2.24, 2.45) is 0 Å². The quantitative estimate of drug-likeness (QED) is 0.811. The number of nitrogens with one attached hydrogen (secondary N) is 1. The number of nitrogens with zero attached hydrogens (tertiary/aromatic N) is 2. The van der Waals surface area contributed by atoms with Crippen LogP contribution in [0.1, 0.15) is 25.0 Å². The maximum absolute atomic E-state index is 11.8. The predicted octanol–water partition coefficient (Wildman–Crippen LogP) is 1.32. The number of nitriles is 1. The molecule has 2 rings (SSSR count). The zero-order valence-corrected chi connectivity index (χ0v) is 11.0. The lowest BCUT2D eigenvalue weighted by atomic mass is 10.0. The van der Waals surface area contributed by atoms with E-state index in [9.17, 15) is 4.79 Å². The van der Waals surface area contributed by atoms with E-state index in [-0.39, 0.29) is 11.9 Å². The fourth-order valence-corrected chi connectivity index (χ4v) is 2.33. The highest BCUT2D eigenvalue weighted by Gasteiger charge is 2.20. The summed E-state index contributed by atoms with van der Waals surface area (Å²) in [5.74, 6) is 0.925. The standard InChI is InChI=1S/C14H19N3O2/c15-7-10-17-8-5-12(6-9-17)16-14(18)4-3-13-2-1-11-19-13/h1-2,11-12H,3-6,8-10H2,(H,16,18). The molecule has 1 amide bonds. The average Bonchev–Trinajstić information content (AvgIpc) is 2.92. The summed E-state index contributed by atoms with van der Waals surface area (Å²) in [7, 11) is 0. The number of rotatable bonds is 5. The molecule has 1 saturated heterocycles. The highest BCUT2D eigenvalue weighted by atomic mass is 16.3. The predicted molar refractivity (Wildman–Crippen MR) is 70.2 cm³/mol. The molecule has 1 N–H and O–H groups in total. The van der Waals surface area contributed by atoms with E-state index < -0.39 is 0 Å². The van der Waals surface area contributed by atoms with E-state index in [2.05, 4.69) is 16.3 Å². The second-order valence-electron chi connectivity index (χ2n) is 4.86. The summed E-state index contributed by atoms with van der Waals surface area (Å²) in [6.07, 6.45) is 4.58. The van der Waals surface area contributed by atoms with Crippen LogP contribution in [0.25, 0.3) is 0 Å². The average molecular weight is 261 g/mol. The van der Waals surface area contributed by atoms with Crippen molar-refractivity contribution in [3.05, 3.63) is 24.2 Å². The van der Waals surface area contributed by atoms with Crippen LogP contribution >= 0.6 is 0 Å². The second kappa shape index (κ2) is 6.95. The summed E-state index contributed by atoms with van der Waals surface area (Å²) >= 11 is 0. The monoisotopic (exact) mass is 261 g/mol. The first-order chi connectivity index (χ1) is 9.28. The zero-order valence-electron chi connectivity index (χ0n) is 11.0. The molecule has 1 aromatic rings. The van der Waals surface area contributed by atoms with E-state index in [4.69, 9.17) is 9.68 Å². The van der Waals surface area contributed by atoms with Crippen molar-refractivity contribution in [2.75, 3.05) is 19.6 Å². The summed E-state index contributed by atoms with van der Waals surface area (Å²) in [6, 6.07) is 6.12. The molecule has 0 atom stereocenters. The molecule has 0 spiro atoms. The van der Waals surface area contributed by atoms with Gasteiger partial charge in [0.1, 0.15) is 5.76 Å². The molecule has 0 saturated carbocycles. The molecule has 1 aliphatic rings. The van der Waals surface area contributed by atoms with Crippen molar-refractivity contribution < 1.29 is 9.21 Å². The number of likely N-dealkylation sites (tertiary alicyclic amines) is 1. The van der Waals surface area contributed by atoms with Gasteiger partial charge in [0.05, 0.1) is 18.9 Å². The topological polar surface area (TPSA) is 69.3 Å². The van der Waals surface area contributed by atoms with Gasteiger partial charge in [-0.05, 0) is 25.0 Å². The maximum atomic E-state index is 11.8. The molecule has 102 valence electrons. The van der Waals surface area contributed by atoms with Gasteiger partial charge < -0.3 is 9.73 Å². The van der Waals surface area contributed by atoms with Gasteiger partial charge in [0.15, 0.2) is 0 Å². The van der Waals surface area contributed by atoms with E-state index in [1.165, 1.54) is 0 Å². The fourth-order valence-electron chi connectivity index (χ4n) is 2.33. The number of amides is 1. The van der Waals surface area contributed by atoms with Crippen LogP contribution in [0.3, 0.4) is 0 Å². The summed E-state index contributed by atoms with van der Waals surface area (Å²) < 4.78 is 5.20. The third-order valence-electron chi connectivity index (χ3n) is 3.43. The Kier molecular flexibility index (Phi) is 4.99. The van der Waals surface area contributed by atoms with Gasteiger partial charge in [-0.2, -0.15) is 5.26 Å². The molecule has 0 aromatic carbocycles. The van der Waals surface area contributed by atoms with Crippen LogP contribution < -0.4 is 5.32 Å². The lowest BCUT2D eigenvalue weighted by Crippen LogP contribution is -2.44. The number of carbonyl (C=O) groups excluding carboxylic acids is 1. The van der Waals surface area contributed by atoms with Gasteiger partial charge in [-0.15, -0.1) is 0 Å². The molecule has 0 bridgehead atoms. The van der Waals surface area contributed by atoms with E-state index >= 15 is 0 Å². The molecule has 1 aromatic heterocycles. The van der Waals surface area contributed by atoms with E-state index in [1.54, 1.807) is 6.26 Å². The van der Waals surface area contributed by atoms with Crippen LogP contribution in [0, 0.1) is 11.3 Å². The van der Waals surface area contributed by atoms with Crippen LogP contribution in [0.2, 0.25) is 0 Å². The number of aryl methyl sites for hydroxylation is 1. The van der Waals surface area contributed by atoms with Crippen LogP contribution in [-0.4, -0.2) is 36.5 Å². The Hall–Kier alpha value is -1.80. The zero-order chi connectivity index (χ0) is 13.5. The van der Waals surface area contributed by atoms with Gasteiger partial charge in [-0.1, -0.05) is 0 Å². The lowest BCUT2D eigenvalue weighted by Gasteiger charge is -2.30. The largest absolute Gasteiger partial charge is 0.469 e. The van der Waals surface area contributed by atoms with Crippen molar-refractivity contribution in [3.8, 4) is 6.07 Å². The molecule has 0 radical (unpaired) electrons. The number of hydrogen-bond donors (Lipinski definition) is 1. The van der Waals surface area contributed by atoms with Crippen LogP contribution in [-0.2, 0) is 11.2 Å². The molecule has 5 heteroatoms. The first-order valence-corrected chi connectivity index (χ1v) is 6.69. The number of hydrogen-bond acceptors (Lipinski definition) is 4. The summed E-state index contributed by atoms with van der Waals surface area (Å²) in [6.45, 7) is 2.26. The SMILES string of the molecule is N#CCN1CCC(NC(=O)CCc2ccco2)CC1. The summed E-state index contributed by atoms with van der Waals surface area (Å²) in [5, 5.41) is 11.7. The van der Waals surface area contributed by atoms with Gasteiger partial charge in [-0.25, -0.2) is 0 Å². The molecule has 1 aliphatic heterocycles. The van der Waals surface area contributed by atoms with Crippen molar-refractivity contribution >= 4 is 5.91 Å². The summed E-state index contributed by atoms with van der Waals surface area (Å²) in [4.78, 5) is 13.9. The Morgan fingerprint density at radius 2 is 2.32 bits per heavy atom. The Balaban J connectivity index is 1.65. The Morgan fingerprint density at radius 3 is 2.95 bits per heavy atom. The van der Waals surface area contributed by atoms with Crippen molar-refractivity contribution in [1.82, 2.24) is 10.2 Å². The van der Waals surface area contributed by atoms with Crippen molar-refractivity contribution in [1.29, 1.82) is 5.26 Å². The van der Waals surface area contributed by atoms with E-state index in [0.29, 0.717) is 19.4 Å². The van der Waals surface area contributed by atoms with Crippen molar-refractivity contribution in [3.63, 3.8) is 0 Å². The molecule has 19 heavy (non-hydrogen) atoms. The fraction of sp³-hybridized carbons (Fsp3) is 0.571. The lowest BCUT2D eigenvalue weighted by molar-refractivity contribution is -0.122. The molecular formula is C14H19N3O2. The minimum absolute atomic E-state index is 0.0788. The molecule has 1 fully saturated rings. The third kappa shape index (κ3) is 4.42. The van der Waals surface area contributed by atoms with E-state index in [0.717, 1.165) is 31.7 Å². The van der Waals surface area contributed by atoms with Crippen LogP contribution in [0.15, 0.2) is 22.8 Å². The Morgan fingerprint density at radius 1 is 1.53 bits per heavy atom. The van der Waals surface area contributed by atoms with Gasteiger partial charge in [0.2, 0.25) is 5.91 Å². The third-order valence-corrected chi connectivity index (χ3v) is 3.43. The van der Waals surface area contributed by atoms with Gasteiger partial charge in [0.25, 0.3) is 0 Å². The highest BCUT2D eigenvalue weighted by molar-refractivity contribution is 5.76.